The summed E-state index contributed by atoms with van der Waals surface area (Å²) in [6, 6.07) is 0. The number of benzene rings is 2. The Kier molecular flexibility index (Phi) is 8.44. The summed E-state index contributed by atoms with van der Waals surface area (Å²) in [6.07, 6.45) is 6.60. The molecule has 0 radical (unpaired) electrons. The molecule has 0 aliphatic rings. The molecule has 0 spiro atoms. The molecule has 0 bridgehead atoms. The second-order valence-electron chi connectivity index (χ2n) is 9.01. The van der Waals surface area contributed by atoms with Crippen molar-refractivity contribution in [1.82, 2.24) is 0 Å². The Morgan fingerprint density at radius 1 is 0.526 bits per heavy atom. The number of hydrogen-bond donors (Lipinski definition) is 0. The van der Waals surface area contributed by atoms with Crippen molar-refractivity contribution in [2.45, 2.75) is 55.4 Å². The molecule has 38 heavy (non-hydrogen) atoms. The number of aryl methyl sites for hydroxylation is 4. The molecule has 2 heterocycles. The number of furan rings is 2. The predicted molar refractivity (Wildman–Crippen MR) is 151 cm³/mol. The zero-order chi connectivity index (χ0) is 27.8. The standard InChI is InChI=1S/C28H36O8P2/c1-9-33-37(29,34-10-2)27-19(7)23-15-31-13-21(23)17(5)25(27)26-18(6)22-14-32-16-24(22)20(8)28(26)38(30,35-11-3)36-12-4/h13-16H,9-12H2,1-8H3. The van der Waals surface area contributed by atoms with Gasteiger partial charge in [-0.25, -0.2) is 0 Å². The molecule has 10 heteroatoms. The van der Waals surface area contributed by atoms with Gasteiger partial charge in [-0.1, -0.05) is 0 Å². The van der Waals surface area contributed by atoms with Gasteiger partial charge in [0.15, 0.2) is 0 Å². The second kappa shape index (κ2) is 11.1. The van der Waals surface area contributed by atoms with Gasteiger partial charge in [-0.05, 0) is 77.6 Å². The lowest BCUT2D eigenvalue weighted by Crippen LogP contribution is -2.24. The second-order valence-corrected chi connectivity index (χ2v) is 12.9. The SMILES string of the molecule is CCOP(=O)(OCC)c1c(-c2c(P(=O)(OCC)OCC)c(C)c3cocc3c2C)c(C)c2cocc2c1C. The van der Waals surface area contributed by atoms with Gasteiger partial charge in [-0.15, -0.1) is 0 Å². The molecule has 8 nitrogen and oxygen atoms in total. The van der Waals surface area contributed by atoms with E-state index in [0.29, 0.717) is 32.9 Å². The van der Waals surface area contributed by atoms with Gasteiger partial charge in [0.2, 0.25) is 0 Å². The molecule has 0 amide bonds. The lowest BCUT2D eigenvalue weighted by Gasteiger charge is -2.29. The van der Waals surface area contributed by atoms with E-state index in [9.17, 15) is 9.13 Å². The molecule has 0 saturated carbocycles. The van der Waals surface area contributed by atoms with Crippen LogP contribution in [0, 0.1) is 27.7 Å². The summed E-state index contributed by atoms with van der Waals surface area (Å²) in [5, 5.41) is 4.13. The maximum absolute atomic E-state index is 14.5. The first-order valence-corrected chi connectivity index (χ1v) is 16.0. The van der Waals surface area contributed by atoms with Crippen LogP contribution < -0.4 is 10.6 Å². The van der Waals surface area contributed by atoms with Crippen LogP contribution in [0.25, 0.3) is 32.7 Å². The van der Waals surface area contributed by atoms with Gasteiger partial charge in [0.25, 0.3) is 0 Å². The normalized spacial score (nSPS) is 12.7. The van der Waals surface area contributed by atoms with Crippen LogP contribution in [0.1, 0.15) is 49.9 Å². The van der Waals surface area contributed by atoms with Crippen LogP contribution in [0.2, 0.25) is 0 Å². The van der Waals surface area contributed by atoms with E-state index in [-0.39, 0.29) is 26.4 Å². The van der Waals surface area contributed by atoms with E-state index >= 15 is 0 Å². The van der Waals surface area contributed by atoms with Crippen LogP contribution in [-0.2, 0) is 27.2 Å². The van der Waals surface area contributed by atoms with Crippen molar-refractivity contribution in [2.75, 3.05) is 26.4 Å². The van der Waals surface area contributed by atoms with E-state index in [2.05, 4.69) is 0 Å². The van der Waals surface area contributed by atoms with Crippen molar-refractivity contribution in [3.63, 3.8) is 0 Å². The minimum Gasteiger partial charge on any atom is -0.471 e. The van der Waals surface area contributed by atoms with Gasteiger partial charge in [0.1, 0.15) is 0 Å². The minimum atomic E-state index is -3.84. The minimum absolute atomic E-state index is 0.181. The Hall–Kier alpha value is -2.18. The number of fused-ring (bicyclic) bond motifs is 2. The maximum Gasteiger partial charge on any atom is 0.362 e. The van der Waals surface area contributed by atoms with E-state index in [1.54, 1.807) is 52.7 Å². The number of rotatable bonds is 11. The molecule has 0 saturated heterocycles. The highest BCUT2D eigenvalue weighted by molar-refractivity contribution is 7.63. The van der Waals surface area contributed by atoms with Crippen molar-refractivity contribution in [3.8, 4) is 11.1 Å². The highest BCUT2D eigenvalue weighted by atomic mass is 31.2. The van der Waals surface area contributed by atoms with E-state index < -0.39 is 15.2 Å². The summed E-state index contributed by atoms with van der Waals surface area (Å²) in [6.45, 7) is 15.5. The first-order chi connectivity index (χ1) is 18.1. The highest BCUT2D eigenvalue weighted by Crippen LogP contribution is 2.56. The Morgan fingerprint density at radius 3 is 1.05 bits per heavy atom. The third-order valence-corrected chi connectivity index (χ3v) is 11.5. The van der Waals surface area contributed by atoms with Crippen molar-refractivity contribution < 1.29 is 36.1 Å². The van der Waals surface area contributed by atoms with Crippen LogP contribution in [-0.4, -0.2) is 26.4 Å². The molecular weight excluding hydrogens is 526 g/mol. The van der Waals surface area contributed by atoms with Gasteiger partial charge >= 0.3 is 15.2 Å². The average molecular weight is 563 g/mol. The largest absolute Gasteiger partial charge is 0.471 e. The summed E-state index contributed by atoms with van der Waals surface area (Å²) in [5.41, 5.74) is 4.22. The lowest BCUT2D eigenvalue weighted by molar-refractivity contribution is 0.228. The summed E-state index contributed by atoms with van der Waals surface area (Å²) in [4.78, 5) is 0. The highest BCUT2D eigenvalue weighted by Gasteiger charge is 2.40. The molecule has 2 aromatic carbocycles. The summed E-state index contributed by atoms with van der Waals surface area (Å²) < 4.78 is 63.9. The van der Waals surface area contributed by atoms with Crippen LogP contribution in [0.5, 0.6) is 0 Å². The van der Waals surface area contributed by atoms with Crippen LogP contribution in [0.3, 0.4) is 0 Å². The van der Waals surface area contributed by atoms with E-state index in [1.807, 2.05) is 27.7 Å². The zero-order valence-corrected chi connectivity index (χ0v) is 25.1. The Balaban J connectivity index is 2.31. The molecule has 0 unspecified atom stereocenters. The lowest BCUT2D eigenvalue weighted by atomic mass is 9.88. The van der Waals surface area contributed by atoms with E-state index in [4.69, 9.17) is 26.9 Å². The van der Waals surface area contributed by atoms with Crippen molar-refractivity contribution in [2.24, 2.45) is 0 Å². The van der Waals surface area contributed by atoms with E-state index in [1.165, 1.54) is 0 Å². The van der Waals surface area contributed by atoms with E-state index in [0.717, 1.165) is 32.7 Å². The van der Waals surface area contributed by atoms with Crippen LogP contribution in [0.15, 0.2) is 33.9 Å². The molecule has 0 aliphatic carbocycles. The van der Waals surface area contributed by atoms with Gasteiger partial charge in [0.05, 0.1) is 62.1 Å². The summed E-state index contributed by atoms with van der Waals surface area (Å²) >= 11 is 0. The molecule has 0 atom stereocenters. The Morgan fingerprint density at radius 2 is 0.789 bits per heavy atom. The van der Waals surface area contributed by atoms with Gasteiger partial charge in [-0.3, -0.25) is 9.13 Å². The third-order valence-electron chi connectivity index (χ3n) is 6.87. The molecule has 206 valence electrons. The maximum atomic E-state index is 14.5. The van der Waals surface area contributed by atoms with Crippen LogP contribution in [0.4, 0.5) is 0 Å². The fourth-order valence-electron chi connectivity index (χ4n) is 5.32. The molecule has 0 N–H and O–H groups in total. The zero-order valence-electron chi connectivity index (χ0n) is 23.3. The fraction of sp³-hybridized carbons (Fsp3) is 0.429. The first-order valence-electron chi connectivity index (χ1n) is 12.9. The topological polar surface area (TPSA) is 97.3 Å². The molecular formula is C28H36O8P2. The molecule has 2 aromatic heterocycles. The smallest absolute Gasteiger partial charge is 0.362 e. The average Bonchev–Trinajstić information content (AvgIpc) is 3.55. The summed E-state index contributed by atoms with van der Waals surface area (Å²) in [7, 11) is -7.68. The van der Waals surface area contributed by atoms with Crippen LogP contribution >= 0.6 is 15.2 Å². The molecule has 4 rings (SSSR count). The Labute approximate surface area is 223 Å². The Bertz CT molecular complexity index is 1440. The van der Waals surface area contributed by atoms with Crippen molar-refractivity contribution in [1.29, 1.82) is 0 Å². The molecule has 4 aromatic rings. The van der Waals surface area contributed by atoms with Gasteiger partial charge in [-0.2, -0.15) is 0 Å². The van der Waals surface area contributed by atoms with Gasteiger partial charge < -0.3 is 26.9 Å². The van der Waals surface area contributed by atoms with Crippen molar-refractivity contribution in [3.05, 3.63) is 47.3 Å². The number of hydrogen-bond acceptors (Lipinski definition) is 8. The van der Waals surface area contributed by atoms with Gasteiger partial charge in [0, 0.05) is 32.7 Å². The monoisotopic (exact) mass is 562 g/mol. The summed E-state index contributed by atoms with van der Waals surface area (Å²) in [5.74, 6) is 0. The molecule has 0 aliphatic heterocycles. The first kappa shape index (κ1) is 28.8. The molecule has 0 fully saturated rings. The van der Waals surface area contributed by atoms with Crippen molar-refractivity contribution >= 4 is 47.3 Å². The predicted octanol–water partition coefficient (Wildman–Crippen LogP) is 7.86. The third kappa shape index (κ3) is 4.52. The quantitative estimate of drug-likeness (QED) is 0.170. The fourth-order valence-corrected chi connectivity index (χ4v) is 9.51.